The Labute approximate surface area is 198 Å². The van der Waals surface area contributed by atoms with Crippen LogP contribution < -0.4 is 10.1 Å². The van der Waals surface area contributed by atoms with E-state index in [0.29, 0.717) is 19.4 Å². The molecular weight excluding hydrogens is 451 g/mol. The summed E-state index contributed by atoms with van der Waals surface area (Å²) in [6, 6.07) is 4.41. The SMILES string of the molecule is CCNC(=O)CCCC=CC[C@@H]1[C@H](C=C[C@@H](O)COc2cccc(C(F)(F)F)c2)[C@H](O)C[C@@H]1O. The second-order valence-corrected chi connectivity index (χ2v) is 8.45. The molecule has 9 heteroatoms. The van der Waals surface area contributed by atoms with Crippen LogP contribution in [0.4, 0.5) is 13.2 Å². The molecule has 0 saturated heterocycles. The minimum Gasteiger partial charge on any atom is -0.491 e. The summed E-state index contributed by atoms with van der Waals surface area (Å²) in [5.74, 6) is -0.597. The van der Waals surface area contributed by atoms with Crippen molar-refractivity contribution < 1.29 is 38.0 Å². The van der Waals surface area contributed by atoms with Crippen molar-refractivity contribution >= 4 is 5.91 Å². The first-order valence-corrected chi connectivity index (χ1v) is 11.6. The molecule has 1 aromatic carbocycles. The maximum absolute atomic E-state index is 12.8. The minimum absolute atomic E-state index is 0.00575. The van der Waals surface area contributed by atoms with Crippen LogP contribution in [0.1, 0.15) is 44.6 Å². The highest BCUT2D eigenvalue weighted by Gasteiger charge is 2.39. The van der Waals surface area contributed by atoms with Crippen LogP contribution >= 0.6 is 0 Å². The first-order valence-electron chi connectivity index (χ1n) is 11.6. The van der Waals surface area contributed by atoms with E-state index in [1.807, 2.05) is 19.1 Å². The van der Waals surface area contributed by atoms with Gasteiger partial charge in [-0.05, 0) is 50.3 Å². The Balaban J connectivity index is 1.84. The predicted molar refractivity (Wildman–Crippen MR) is 122 cm³/mol. The Bertz CT molecular complexity index is 827. The van der Waals surface area contributed by atoms with Gasteiger partial charge < -0.3 is 25.4 Å². The van der Waals surface area contributed by atoms with Gasteiger partial charge in [-0.3, -0.25) is 4.79 Å². The topological polar surface area (TPSA) is 99.0 Å². The molecule has 1 aromatic rings. The van der Waals surface area contributed by atoms with Gasteiger partial charge in [0, 0.05) is 25.3 Å². The summed E-state index contributed by atoms with van der Waals surface area (Å²) in [6.07, 6.45) is 2.58. The molecule has 1 saturated carbocycles. The van der Waals surface area contributed by atoms with Crippen LogP contribution in [0.25, 0.3) is 0 Å². The Morgan fingerprint density at radius 2 is 2.03 bits per heavy atom. The van der Waals surface area contributed by atoms with E-state index in [4.69, 9.17) is 4.74 Å². The number of allylic oxidation sites excluding steroid dienone is 2. The number of hydrogen-bond donors (Lipinski definition) is 4. The molecule has 1 aliphatic carbocycles. The van der Waals surface area contributed by atoms with Gasteiger partial charge in [-0.15, -0.1) is 0 Å². The van der Waals surface area contributed by atoms with Crippen LogP contribution in [0, 0.1) is 11.8 Å². The molecule has 190 valence electrons. The monoisotopic (exact) mass is 485 g/mol. The molecule has 5 atom stereocenters. The van der Waals surface area contributed by atoms with E-state index < -0.39 is 30.1 Å². The maximum atomic E-state index is 12.8. The Hall–Kier alpha value is -2.36. The number of hydrogen-bond acceptors (Lipinski definition) is 5. The largest absolute Gasteiger partial charge is 0.491 e. The van der Waals surface area contributed by atoms with Crippen molar-refractivity contribution in [3.8, 4) is 5.75 Å². The highest BCUT2D eigenvalue weighted by atomic mass is 19.4. The van der Waals surface area contributed by atoms with E-state index >= 15 is 0 Å². The van der Waals surface area contributed by atoms with Gasteiger partial charge in [0.05, 0.1) is 17.8 Å². The van der Waals surface area contributed by atoms with Gasteiger partial charge in [0.25, 0.3) is 0 Å². The van der Waals surface area contributed by atoms with Crippen LogP contribution in [-0.2, 0) is 11.0 Å². The highest BCUT2D eigenvalue weighted by Crippen LogP contribution is 2.36. The molecule has 0 bridgehead atoms. The number of aliphatic hydroxyl groups is 3. The molecule has 0 aromatic heterocycles. The smallest absolute Gasteiger partial charge is 0.416 e. The molecular formula is C25H34F3NO5. The number of carbonyl (C=O) groups is 1. The number of rotatable bonds is 12. The van der Waals surface area contributed by atoms with Crippen molar-refractivity contribution in [1.29, 1.82) is 0 Å². The van der Waals surface area contributed by atoms with E-state index in [2.05, 4.69) is 5.32 Å². The van der Waals surface area contributed by atoms with E-state index in [1.165, 1.54) is 18.2 Å². The fraction of sp³-hybridized carbons (Fsp3) is 0.560. The van der Waals surface area contributed by atoms with Crippen molar-refractivity contribution in [3.05, 3.63) is 54.1 Å². The zero-order valence-electron chi connectivity index (χ0n) is 19.2. The number of nitrogens with one attached hydrogen (secondary N) is 1. The van der Waals surface area contributed by atoms with Crippen LogP contribution in [0.15, 0.2) is 48.6 Å². The number of halogens is 3. The fourth-order valence-corrected chi connectivity index (χ4v) is 4.00. The number of aliphatic hydroxyl groups excluding tert-OH is 3. The van der Waals surface area contributed by atoms with Crippen LogP contribution in [-0.4, -0.2) is 52.7 Å². The summed E-state index contributed by atoms with van der Waals surface area (Å²) in [5, 5.41) is 33.5. The number of benzene rings is 1. The van der Waals surface area contributed by atoms with Gasteiger partial charge in [0.2, 0.25) is 5.91 Å². The second kappa shape index (κ2) is 13.5. The lowest BCUT2D eigenvalue weighted by Gasteiger charge is -2.19. The lowest BCUT2D eigenvalue weighted by Crippen LogP contribution is -2.22. The summed E-state index contributed by atoms with van der Waals surface area (Å²) in [7, 11) is 0. The molecule has 4 N–H and O–H groups in total. The lowest BCUT2D eigenvalue weighted by atomic mass is 9.89. The second-order valence-electron chi connectivity index (χ2n) is 8.45. The standard InChI is InChI=1S/C25H34F3NO5/c1-2-29-24(33)11-6-4-3-5-10-20-21(23(32)15-22(20)31)13-12-18(30)16-34-19-9-7-8-17(14-19)25(26,27)28/h3,5,7-9,12-14,18,20-23,30-32H,2,4,6,10-11,15-16H2,1H3,(H,29,33)/t18-,20-,21+,22+,23-/m1/s1. The molecule has 0 spiro atoms. The number of carbonyl (C=O) groups excluding carboxylic acids is 1. The Morgan fingerprint density at radius 1 is 1.26 bits per heavy atom. The molecule has 2 rings (SSSR count). The predicted octanol–water partition coefficient (Wildman–Crippen LogP) is 3.61. The average molecular weight is 486 g/mol. The first-order chi connectivity index (χ1) is 16.1. The summed E-state index contributed by atoms with van der Waals surface area (Å²) < 4.78 is 43.7. The zero-order chi connectivity index (χ0) is 25.1. The molecule has 6 nitrogen and oxygen atoms in total. The third-order valence-electron chi connectivity index (χ3n) is 5.78. The molecule has 0 heterocycles. The van der Waals surface area contributed by atoms with Crippen LogP contribution in [0.5, 0.6) is 5.75 Å². The first kappa shape index (κ1) is 27.9. The molecule has 0 unspecified atom stereocenters. The van der Waals surface area contributed by atoms with Gasteiger partial charge >= 0.3 is 6.18 Å². The fourth-order valence-electron chi connectivity index (χ4n) is 4.00. The van der Waals surface area contributed by atoms with E-state index in [9.17, 15) is 33.3 Å². The number of unbranched alkanes of at least 4 members (excludes halogenated alkanes) is 1. The highest BCUT2D eigenvalue weighted by molar-refractivity contribution is 5.75. The zero-order valence-corrected chi connectivity index (χ0v) is 19.2. The van der Waals surface area contributed by atoms with E-state index in [-0.39, 0.29) is 36.5 Å². The molecule has 1 fully saturated rings. The quantitative estimate of drug-likeness (QED) is 0.268. The van der Waals surface area contributed by atoms with Crippen molar-refractivity contribution in [2.45, 2.75) is 63.5 Å². The Morgan fingerprint density at radius 3 is 2.74 bits per heavy atom. The normalized spacial score (nSPS) is 24.1. The third-order valence-corrected chi connectivity index (χ3v) is 5.78. The average Bonchev–Trinajstić information content (AvgIpc) is 3.05. The summed E-state index contributed by atoms with van der Waals surface area (Å²) in [5.41, 5.74) is -0.835. The number of amides is 1. The van der Waals surface area contributed by atoms with Crippen molar-refractivity contribution in [2.75, 3.05) is 13.2 Å². The van der Waals surface area contributed by atoms with Crippen LogP contribution in [0.3, 0.4) is 0 Å². The minimum atomic E-state index is -4.48. The van der Waals surface area contributed by atoms with Crippen LogP contribution in [0.2, 0.25) is 0 Å². The van der Waals surface area contributed by atoms with Gasteiger partial charge in [0.1, 0.15) is 18.5 Å². The van der Waals surface area contributed by atoms with Crippen molar-refractivity contribution in [1.82, 2.24) is 5.32 Å². The maximum Gasteiger partial charge on any atom is 0.416 e. The van der Waals surface area contributed by atoms with Gasteiger partial charge in [0.15, 0.2) is 0 Å². The van der Waals surface area contributed by atoms with Gasteiger partial charge in [-0.2, -0.15) is 13.2 Å². The lowest BCUT2D eigenvalue weighted by molar-refractivity contribution is -0.137. The molecule has 1 aliphatic rings. The number of ether oxygens (including phenoxy) is 1. The molecule has 0 aliphatic heterocycles. The Kier molecular flexibility index (Phi) is 11.1. The number of alkyl halides is 3. The third kappa shape index (κ3) is 9.12. The van der Waals surface area contributed by atoms with E-state index in [0.717, 1.165) is 25.0 Å². The van der Waals surface area contributed by atoms with E-state index in [1.54, 1.807) is 6.08 Å². The van der Waals surface area contributed by atoms with Gasteiger partial charge in [-0.25, -0.2) is 0 Å². The molecule has 0 radical (unpaired) electrons. The molecule has 1 amide bonds. The summed E-state index contributed by atoms with van der Waals surface area (Å²) in [6.45, 7) is 2.23. The van der Waals surface area contributed by atoms with Crippen molar-refractivity contribution in [2.24, 2.45) is 11.8 Å². The summed E-state index contributed by atoms with van der Waals surface area (Å²) >= 11 is 0. The van der Waals surface area contributed by atoms with Crippen molar-refractivity contribution in [3.63, 3.8) is 0 Å². The molecule has 34 heavy (non-hydrogen) atoms. The van der Waals surface area contributed by atoms with Gasteiger partial charge in [-0.1, -0.05) is 30.4 Å². The summed E-state index contributed by atoms with van der Waals surface area (Å²) in [4.78, 5) is 11.4.